The van der Waals surface area contributed by atoms with Crippen molar-refractivity contribution < 1.29 is 39.6 Å². The first-order valence-corrected chi connectivity index (χ1v) is 4.48. The van der Waals surface area contributed by atoms with Gasteiger partial charge in [0.15, 0.2) is 0 Å². The van der Waals surface area contributed by atoms with Crippen LogP contribution >= 0.6 is 0 Å². The molecule has 0 spiro atoms. The summed E-state index contributed by atoms with van der Waals surface area (Å²) in [6.07, 6.45) is -1.06. The summed E-state index contributed by atoms with van der Waals surface area (Å²) >= 11 is 0. The maximum atomic E-state index is 9.85. The molecule has 0 fully saturated rings. The molecule has 0 aliphatic rings. The summed E-state index contributed by atoms with van der Waals surface area (Å²) in [5.74, 6) is -5.00. The molecule has 0 unspecified atom stereocenters. The van der Waals surface area contributed by atoms with E-state index < -0.39 is 48.8 Å². The lowest BCUT2D eigenvalue weighted by Gasteiger charge is -1.99. The zero-order chi connectivity index (χ0) is 14.9. The molecule has 2 atom stereocenters. The normalized spacial score (nSPS) is 12.6. The third-order valence-corrected chi connectivity index (χ3v) is 1.42. The monoisotopic (exact) mass is 266 g/mol. The van der Waals surface area contributed by atoms with Crippen molar-refractivity contribution in [2.45, 2.75) is 24.9 Å². The molecule has 104 valence electrons. The van der Waals surface area contributed by atoms with Gasteiger partial charge in [0, 0.05) is 0 Å². The van der Waals surface area contributed by atoms with Gasteiger partial charge >= 0.3 is 23.9 Å². The average Bonchev–Trinajstić information content (AvgIpc) is 2.16. The Hall–Kier alpha value is -2.20. The van der Waals surface area contributed by atoms with Crippen LogP contribution in [0.5, 0.6) is 0 Å². The molecular weight excluding hydrogens is 252 g/mol. The summed E-state index contributed by atoms with van der Waals surface area (Å²) < 4.78 is 0. The van der Waals surface area contributed by atoms with Crippen LogP contribution in [-0.2, 0) is 19.2 Å². The Morgan fingerprint density at radius 2 is 0.944 bits per heavy atom. The second kappa shape index (κ2) is 8.90. The Bertz CT molecular complexity index is 297. The lowest BCUT2D eigenvalue weighted by molar-refractivity contribution is -0.144. The minimum absolute atomic E-state index is 0.532. The van der Waals surface area contributed by atoms with Crippen molar-refractivity contribution in [1.29, 1.82) is 0 Å². The highest BCUT2D eigenvalue weighted by atomic mass is 16.4. The van der Waals surface area contributed by atoms with Gasteiger partial charge in [-0.25, -0.2) is 0 Å². The molecule has 18 heavy (non-hydrogen) atoms. The molecule has 0 amide bonds. The van der Waals surface area contributed by atoms with Gasteiger partial charge in [0.1, 0.15) is 12.1 Å². The van der Waals surface area contributed by atoms with Crippen LogP contribution in [0.25, 0.3) is 0 Å². The van der Waals surface area contributed by atoms with E-state index >= 15 is 0 Å². The highest BCUT2D eigenvalue weighted by Gasteiger charge is 2.15. The quantitative estimate of drug-likeness (QED) is 0.304. The standard InChI is InChI=1S/2C4H7NO4/c2*5-2(4(8)9)1-3(6)7/h2*2H,1,5H2,(H,6,7)(H,8,9)/t2*2-/m11/s1. The Balaban J connectivity index is 0. The van der Waals surface area contributed by atoms with Gasteiger partial charge in [0.25, 0.3) is 0 Å². The largest absolute Gasteiger partial charge is 0.481 e. The van der Waals surface area contributed by atoms with Crippen LogP contribution in [0.15, 0.2) is 0 Å². The molecule has 10 heteroatoms. The molecule has 0 rings (SSSR count). The van der Waals surface area contributed by atoms with Crippen LogP contribution in [0, 0.1) is 0 Å². The van der Waals surface area contributed by atoms with Crippen LogP contribution in [-0.4, -0.2) is 56.4 Å². The minimum atomic E-state index is -1.29. The number of hydrogen-bond acceptors (Lipinski definition) is 6. The molecule has 0 aliphatic carbocycles. The van der Waals surface area contributed by atoms with E-state index in [1.807, 2.05) is 0 Å². The van der Waals surface area contributed by atoms with Crippen molar-refractivity contribution in [1.82, 2.24) is 0 Å². The van der Waals surface area contributed by atoms with Crippen molar-refractivity contribution in [2.75, 3.05) is 0 Å². The van der Waals surface area contributed by atoms with E-state index in [0.717, 1.165) is 0 Å². The van der Waals surface area contributed by atoms with Gasteiger partial charge in [-0.3, -0.25) is 19.2 Å². The second-order valence-electron chi connectivity index (χ2n) is 3.09. The van der Waals surface area contributed by atoms with Crippen LogP contribution in [0.3, 0.4) is 0 Å². The maximum Gasteiger partial charge on any atom is 0.321 e. The number of carboxylic acids is 4. The average molecular weight is 266 g/mol. The van der Waals surface area contributed by atoms with Crippen molar-refractivity contribution in [3.8, 4) is 0 Å². The molecule has 0 heterocycles. The molecule has 0 aromatic carbocycles. The molecule has 0 aromatic heterocycles. The van der Waals surface area contributed by atoms with Crippen LogP contribution in [0.4, 0.5) is 0 Å². The predicted molar refractivity (Wildman–Crippen MR) is 55.7 cm³/mol. The number of hydrogen-bond donors (Lipinski definition) is 6. The fraction of sp³-hybridized carbons (Fsp3) is 0.500. The van der Waals surface area contributed by atoms with Crippen LogP contribution in [0.1, 0.15) is 12.8 Å². The first kappa shape index (κ1) is 18.2. The van der Waals surface area contributed by atoms with E-state index in [4.69, 9.17) is 31.9 Å². The highest BCUT2D eigenvalue weighted by molar-refractivity contribution is 5.80. The molecule has 0 saturated carbocycles. The topological polar surface area (TPSA) is 201 Å². The van der Waals surface area contributed by atoms with Gasteiger partial charge in [-0.2, -0.15) is 0 Å². The zero-order valence-corrected chi connectivity index (χ0v) is 9.15. The number of aliphatic carboxylic acids is 4. The SMILES string of the molecule is N[C@H](CC(=O)O)C(=O)O.N[C@H](CC(=O)O)C(=O)O. The number of nitrogens with two attached hydrogens (primary N) is 2. The van der Waals surface area contributed by atoms with Gasteiger partial charge in [0.05, 0.1) is 12.8 Å². The van der Waals surface area contributed by atoms with E-state index in [1.54, 1.807) is 0 Å². The van der Waals surface area contributed by atoms with E-state index in [2.05, 4.69) is 0 Å². The van der Waals surface area contributed by atoms with E-state index in [-0.39, 0.29) is 0 Å². The van der Waals surface area contributed by atoms with Crippen molar-refractivity contribution in [3.05, 3.63) is 0 Å². The van der Waals surface area contributed by atoms with Gasteiger partial charge in [-0.15, -0.1) is 0 Å². The molecule has 10 nitrogen and oxygen atoms in total. The third-order valence-electron chi connectivity index (χ3n) is 1.42. The van der Waals surface area contributed by atoms with Crippen molar-refractivity contribution >= 4 is 23.9 Å². The fourth-order valence-corrected chi connectivity index (χ4v) is 0.551. The molecule has 0 aliphatic heterocycles. The molecule has 0 saturated heterocycles. The first-order valence-electron chi connectivity index (χ1n) is 4.48. The Morgan fingerprint density at radius 3 is 1.00 bits per heavy atom. The van der Waals surface area contributed by atoms with Gasteiger partial charge in [-0.05, 0) is 0 Å². The summed E-state index contributed by atoms with van der Waals surface area (Å²) in [7, 11) is 0. The fourth-order valence-electron chi connectivity index (χ4n) is 0.551. The molecule has 0 radical (unpaired) electrons. The Labute approximate surface area is 101 Å². The smallest absolute Gasteiger partial charge is 0.321 e. The summed E-state index contributed by atoms with van der Waals surface area (Å²) in [5.41, 5.74) is 9.67. The third kappa shape index (κ3) is 11.9. The zero-order valence-electron chi connectivity index (χ0n) is 9.15. The highest BCUT2D eigenvalue weighted by Crippen LogP contribution is 1.86. The van der Waals surface area contributed by atoms with Crippen molar-refractivity contribution in [2.24, 2.45) is 11.5 Å². The summed E-state index contributed by atoms with van der Waals surface area (Å²) in [4.78, 5) is 39.2. The molecule has 8 N–H and O–H groups in total. The van der Waals surface area contributed by atoms with Gasteiger partial charge in [0.2, 0.25) is 0 Å². The molecule has 0 bridgehead atoms. The van der Waals surface area contributed by atoms with Crippen molar-refractivity contribution in [3.63, 3.8) is 0 Å². The number of carbonyl (C=O) groups is 4. The number of rotatable bonds is 6. The number of carboxylic acid groups (broad SMARTS) is 4. The first-order chi connectivity index (χ1) is 8.07. The Morgan fingerprint density at radius 1 is 0.722 bits per heavy atom. The Kier molecular flexibility index (Phi) is 8.98. The lowest BCUT2D eigenvalue weighted by Crippen LogP contribution is -2.32. The summed E-state index contributed by atoms with van der Waals surface area (Å²) in [6, 6.07) is -2.58. The predicted octanol–water partition coefficient (Wildman–Crippen LogP) is -2.25. The second-order valence-corrected chi connectivity index (χ2v) is 3.09. The van der Waals surface area contributed by atoms with Crippen LogP contribution in [0.2, 0.25) is 0 Å². The van der Waals surface area contributed by atoms with E-state index in [0.29, 0.717) is 0 Å². The van der Waals surface area contributed by atoms with Gasteiger partial charge < -0.3 is 31.9 Å². The maximum absolute atomic E-state index is 9.85. The molecular formula is C8H14N2O8. The minimum Gasteiger partial charge on any atom is -0.481 e. The summed E-state index contributed by atoms with van der Waals surface area (Å²) in [6.45, 7) is 0. The van der Waals surface area contributed by atoms with Gasteiger partial charge in [-0.1, -0.05) is 0 Å². The molecule has 0 aromatic rings. The summed E-state index contributed by atoms with van der Waals surface area (Å²) in [5, 5.41) is 32.1. The van der Waals surface area contributed by atoms with E-state index in [1.165, 1.54) is 0 Å². The lowest BCUT2D eigenvalue weighted by atomic mass is 10.2. The van der Waals surface area contributed by atoms with Crippen LogP contribution < -0.4 is 11.5 Å². The van der Waals surface area contributed by atoms with E-state index in [9.17, 15) is 19.2 Å².